The number of amides is 1. The fourth-order valence-corrected chi connectivity index (χ4v) is 2.91. The van der Waals surface area contributed by atoms with Gasteiger partial charge in [0.05, 0.1) is 5.56 Å². The zero-order valence-corrected chi connectivity index (χ0v) is 15.0. The maximum atomic E-state index is 12.1. The lowest BCUT2D eigenvalue weighted by molar-refractivity contribution is 0.0953. The largest absolute Gasteiger partial charge is 0.352 e. The smallest absolute Gasteiger partial charge is 0.252 e. The van der Waals surface area contributed by atoms with Crippen LogP contribution in [0.4, 0.5) is 0 Å². The highest BCUT2D eigenvalue weighted by molar-refractivity contribution is 14.1. The maximum absolute atomic E-state index is 12.1. The van der Waals surface area contributed by atoms with E-state index >= 15 is 0 Å². The normalized spacial score (nSPS) is 10.3. The predicted molar refractivity (Wildman–Crippen MR) is 94.3 cm³/mol. The van der Waals surface area contributed by atoms with Gasteiger partial charge in [0.25, 0.3) is 5.91 Å². The van der Waals surface area contributed by atoms with E-state index in [1.165, 1.54) is 0 Å². The van der Waals surface area contributed by atoms with E-state index in [4.69, 9.17) is 11.6 Å². The fraction of sp³-hybridized carbons (Fsp3) is 0.133. The van der Waals surface area contributed by atoms with Crippen molar-refractivity contribution in [1.82, 2.24) is 5.32 Å². The molecule has 0 unspecified atom stereocenters. The Labute approximate surface area is 145 Å². The van der Waals surface area contributed by atoms with Crippen LogP contribution in [0.2, 0.25) is 5.02 Å². The Morgan fingerprint density at radius 1 is 1.25 bits per heavy atom. The Bertz CT molecular complexity index is 633. The number of hydrogen-bond acceptors (Lipinski definition) is 1. The van der Waals surface area contributed by atoms with E-state index in [0.29, 0.717) is 17.1 Å². The van der Waals surface area contributed by atoms with Crippen molar-refractivity contribution in [3.05, 3.63) is 66.7 Å². The van der Waals surface area contributed by atoms with Gasteiger partial charge in [0.2, 0.25) is 0 Å². The highest BCUT2D eigenvalue weighted by Crippen LogP contribution is 2.19. The topological polar surface area (TPSA) is 29.1 Å². The molecule has 2 nitrogen and oxygen atoms in total. The molecule has 2 aromatic rings. The molecule has 0 aromatic heterocycles. The van der Waals surface area contributed by atoms with Crippen LogP contribution < -0.4 is 5.32 Å². The zero-order chi connectivity index (χ0) is 14.5. The number of carbonyl (C=O) groups excluding carboxylic acids is 1. The molecule has 0 bridgehead atoms. The monoisotopic (exact) mass is 463 g/mol. The highest BCUT2D eigenvalue weighted by atomic mass is 127. The van der Waals surface area contributed by atoms with Gasteiger partial charge in [0.15, 0.2) is 0 Å². The molecule has 0 aliphatic rings. The number of hydrogen-bond donors (Lipinski definition) is 1. The molecule has 0 heterocycles. The van der Waals surface area contributed by atoms with E-state index < -0.39 is 0 Å². The summed E-state index contributed by atoms with van der Waals surface area (Å²) in [6.07, 6.45) is 0.758. The van der Waals surface area contributed by atoms with Gasteiger partial charge < -0.3 is 5.32 Å². The van der Waals surface area contributed by atoms with Crippen molar-refractivity contribution in [1.29, 1.82) is 0 Å². The van der Waals surface area contributed by atoms with E-state index in [1.807, 2.05) is 42.5 Å². The van der Waals surface area contributed by atoms with Crippen molar-refractivity contribution in [2.45, 2.75) is 6.42 Å². The van der Waals surface area contributed by atoms with Gasteiger partial charge in [-0.2, -0.15) is 0 Å². The molecule has 0 aliphatic carbocycles. The molecule has 0 aliphatic heterocycles. The molecule has 0 fully saturated rings. The second-order valence-electron chi connectivity index (χ2n) is 4.26. The van der Waals surface area contributed by atoms with Crippen LogP contribution in [-0.2, 0) is 6.42 Å². The Morgan fingerprint density at radius 2 is 2.05 bits per heavy atom. The van der Waals surface area contributed by atoms with Gasteiger partial charge in [0.1, 0.15) is 0 Å². The predicted octanol–water partition coefficient (Wildman–Crippen LogP) is 4.68. The van der Waals surface area contributed by atoms with Gasteiger partial charge >= 0.3 is 0 Å². The molecule has 0 radical (unpaired) electrons. The summed E-state index contributed by atoms with van der Waals surface area (Å²) in [6.45, 7) is 0.580. The van der Waals surface area contributed by atoms with Crippen LogP contribution in [-0.4, -0.2) is 12.5 Å². The lowest BCUT2D eigenvalue weighted by Gasteiger charge is -2.08. The van der Waals surface area contributed by atoms with Crippen molar-refractivity contribution in [2.75, 3.05) is 6.54 Å². The first-order chi connectivity index (χ1) is 9.56. The molecular formula is C15H12BrClINO. The van der Waals surface area contributed by atoms with Crippen molar-refractivity contribution < 1.29 is 4.79 Å². The molecule has 2 rings (SSSR count). The zero-order valence-electron chi connectivity index (χ0n) is 10.5. The average Bonchev–Trinajstić information content (AvgIpc) is 2.41. The fourth-order valence-electron chi connectivity index (χ4n) is 1.78. The number of benzene rings is 2. The van der Waals surface area contributed by atoms with Gasteiger partial charge in [-0.25, -0.2) is 0 Å². The average molecular weight is 465 g/mol. The first-order valence-corrected chi connectivity index (χ1v) is 8.29. The van der Waals surface area contributed by atoms with Gasteiger partial charge in [-0.05, 0) is 80.8 Å². The highest BCUT2D eigenvalue weighted by Gasteiger charge is 2.09. The molecule has 104 valence electrons. The van der Waals surface area contributed by atoms with Gasteiger partial charge in [-0.1, -0.05) is 23.7 Å². The first-order valence-electron chi connectivity index (χ1n) is 6.04. The summed E-state index contributed by atoms with van der Waals surface area (Å²) in [4.78, 5) is 12.1. The quantitative estimate of drug-likeness (QED) is 0.655. The van der Waals surface area contributed by atoms with Gasteiger partial charge in [-0.3, -0.25) is 4.79 Å². The van der Waals surface area contributed by atoms with Crippen LogP contribution in [0.15, 0.2) is 46.9 Å². The first kappa shape index (κ1) is 15.8. The van der Waals surface area contributed by atoms with Crippen LogP contribution in [0.5, 0.6) is 0 Å². The lowest BCUT2D eigenvalue weighted by atomic mass is 10.1. The third-order valence-corrected chi connectivity index (χ3v) is 4.36. The molecule has 20 heavy (non-hydrogen) atoms. The summed E-state index contributed by atoms with van der Waals surface area (Å²) in [6, 6.07) is 13.4. The Morgan fingerprint density at radius 3 is 2.80 bits per heavy atom. The summed E-state index contributed by atoms with van der Waals surface area (Å²) >= 11 is 11.5. The van der Waals surface area contributed by atoms with E-state index in [2.05, 4.69) is 43.8 Å². The molecule has 1 N–H and O–H groups in total. The molecule has 1 amide bonds. The third kappa shape index (κ3) is 4.46. The second-order valence-corrected chi connectivity index (χ2v) is 6.80. The van der Waals surface area contributed by atoms with Gasteiger partial charge in [-0.15, -0.1) is 0 Å². The third-order valence-electron chi connectivity index (χ3n) is 2.76. The molecule has 0 atom stereocenters. The summed E-state index contributed by atoms with van der Waals surface area (Å²) in [5, 5.41) is 3.64. The Balaban J connectivity index is 1.94. The van der Waals surface area contributed by atoms with E-state index in [9.17, 15) is 4.79 Å². The number of halogens is 3. The molecule has 0 spiro atoms. The Hall–Kier alpha value is -0.590. The summed E-state index contributed by atoms with van der Waals surface area (Å²) in [7, 11) is 0. The van der Waals surface area contributed by atoms with Gasteiger partial charge in [0, 0.05) is 19.6 Å². The minimum atomic E-state index is -0.0718. The summed E-state index contributed by atoms with van der Waals surface area (Å²) < 4.78 is 1.84. The minimum absolute atomic E-state index is 0.0718. The van der Waals surface area contributed by atoms with Crippen LogP contribution >= 0.6 is 50.1 Å². The minimum Gasteiger partial charge on any atom is -0.352 e. The van der Waals surface area contributed by atoms with Crippen molar-refractivity contribution in [3.63, 3.8) is 0 Å². The lowest BCUT2D eigenvalue weighted by Crippen LogP contribution is -2.26. The number of nitrogens with one attached hydrogen (secondary N) is 1. The SMILES string of the molecule is O=C(NCCc1cccc(Cl)c1)c1cc(I)ccc1Br. The van der Waals surface area contributed by atoms with E-state index in [1.54, 1.807) is 0 Å². The molecule has 0 saturated carbocycles. The van der Waals surface area contributed by atoms with Crippen LogP contribution in [0.25, 0.3) is 0 Å². The molecule has 2 aromatic carbocycles. The van der Waals surface area contributed by atoms with Crippen LogP contribution in [0.1, 0.15) is 15.9 Å². The van der Waals surface area contributed by atoms with Crippen LogP contribution in [0.3, 0.4) is 0 Å². The molecule has 0 saturated heterocycles. The maximum Gasteiger partial charge on any atom is 0.252 e. The van der Waals surface area contributed by atoms with Crippen molar-refractivity contribution in [2.24, 2.45) is 0 Å². The summed E-state index contributed by atoms with van der Waals surface area (Å²) in [5.41, 5.74) is 1.77. The Kier molecular flexibility index (Phi) is 5.86. The molecular weight excluding hydrogens is 452 g/mol. The van der Waals surface area contributed by atoms with E-state index in [-0.39, 0.29) is 5.91 Å². The van der Waals surface area contributed by atoms with Crippen molar-refractivity contribution in [3.8, 4) is 0 Å². The van der Waals surface area contributed by atoms with Crippen LogP contribution in [0, 0.1) is 3.57 Å². The standard InChI is InChI=1S/C15H12BrClINO/c16-14-5-4-12(18)9-13(14)15(20)19-7-6-10-2-1-3-11(17)8-10/h1-5,8-9H,6-7H2,(H,19,20). The van der Waals surface area contributed by atoms with Crippen molar-refractivity contribution >= 4 is 56.0 Å². The second kappa shape index (κ2) is 7.43. The molecule has 5 heteroatoms. The number of rotatable bonds is 4. The summed E-state index contributed by atoms with van der Waals surface area (Å²) in [5.74, 6) is -0.0718. The van der Waals surface area contributed by atoms with E-state index in [0.717, 1.165) is 20.0 Å². The number of carbonyl (C=O) groups is 1.